The topological polar surface area (TPSA) is 79.4 Å². The molecule has 1 amide bonds. The van der Waals surface area contributed by atoms with Crippen molar-refractivity contribution >= 4 is 27.5 Å². The number of carbonyl (C=O) groups is 1. The zero-order valence-corrected chi connectivity index (χ0v) is 15.9. The molecule has 2 aromatic carbocycles. The summed E-state index contributed by atoms with van der Waals surface area (Å²) in [7, 11) is 1.60. The molecule has 0 aliphatic rings. The lowest BCUT2D eigenvalue weighted by Crippen LogP contribution is -2.19. The van der Waals surface area contributed by atoms with Crippen molar-refractivity contribution < 1.29 is 9.53 Å². The number of methoxy groups -OCH3 is 1. The molecule has 0 radical (unpaired) electrons. The molecule has 0 saturated carbocycles. The van der Waals surface area contributed by atoms with Crippen molar-refractivity contribution in [2.45, 2.75) is 6.92 Å². The van der Waals surface area contributed by atoms with Gasteiger partial charge in [0.25, 0.3) is 5.91 Å². The number of hydrogen-bond donors (Lipinski definition) is 2. The molecule has 0 unspecified atom stereocenters. The zero-order valence-electron chi connectivity index (χ0n) is 14.3. The lowest BCUT2D eigenvalue weighted by molar-refractivity contribution is 0.0950. The number of ether oxygens (including phenoxy) is 1. The van der Waals surface area contributed by atoms with Crippen LogP contribution >= 0.6 is 15.9 Å². The minimum Gasteiger partial charge on any atom is -0.496 e. The number of nitrogens with one attached hydrogen (secondary N) is 2. The molecular weight excluding hydrogens is 396 g/mol. The number of halogens is 1. The van der Waals surface area contributed by atoms with Crippen molar-refractivity contribution in [2.24, 2.45) is 5.10 Å². The van der Waals surface area contributed by atoms with E-state index in [1.165, 1.54) is 0 Å². The Labute approximate surface area is 159 Å². The molecule has 0 saturated heterocycles. The second-order valence-electron chi connectivity index (χ2n) is 5.51. The zero-order chi connectivity index (χ0) is 18.5. The SMILES string of the molecule is COc1ccccc1-c1cc(C(=O)NN=C(C)c2ccc(Br)cc2)[nH]n1. The largest absolute Gasteiger partial charge is 0.496 e. The van der Waals surface area contributed by atoms with Crippen LogP contribution in [0.25, 0.3) is 11.3 Å². The number of H-pyrrole nitrogens is 1. The Morgan fingerprint density at radius 2 is 1.92 bits per heavy atom. The normalized spacial score (nSPS) is 11.3. The van der Waals surface area contributed by atoms with E-state index in [1.54, 1.807) is 13.2 Å². The van der Waals surface area contributed by atoms with Gasteiger partial charge in [-0.05, 0) is 42.8 Å². The van der Waals surface area contributed by atoms with E-state index in [1.807, 2.05) is 55.5 Å². The molecule has 6 nitrogen and oxygen atoms in total. The lowest BCUT2D eigenvalue weighted by atomic mass is 10.1. The highest BCUT2D eigenvalue weighted by Gasteiger charge is 2.13. The quantitative estimate of drug-likeness (QED) is 0.490. The highest BCUT2D eigenvalue weighted by molar-refractivity contribution is 9.10. The van der Waals surface area contributed by atoms with Crippen molar-refractivity contribution in [3.8, 4) is 17.0 Å². The molecular formula is C19H17BrN4O2. The summed E-state index contributed by atoms with van der Waals surface area (Å²) in [6, 6.07) is 16.8. The van der Waals surface area contributed by atoms with Crippen LogP contribution in [0.2, 0.25) is 0 Å². The van der Waals surface area contributed by atoms with Gasteiger partial charge in [-0.15, -0.1) is 0 Å². The van der Waals surface area contributed by atoms with Crippen LogP contribution in [0.4, 0.5) is 0 Å². The molecule has 0 fully saturated rings. The van der Waals surface area contributed by atoms with E-state index in [0.717, 1.165) is 15.6 Å². The van der Waals surface area contributed by atoms with Gasteiger partial charge in [-0.1, -0.05) is 40.2 Å². The van der Waals surface area contributed by atoms with Gasteiger partial charge in [0, 0.05) is 10.0 Å². The summed E-state index contributed by atoms with van der Waals surface area (Å²) in [6.45, 7) is 1.83. The summed E-state index contributed by atoms with van der Waals surface area (Å²) >= 11 is 3.39. The highest BCUT2D eigenvalue weighted by atomic mass is 79.9. The van der Waals surface area contributed by atoms with Crippen molar-refractivity contribution in [1.29, 1.82) is 0 Å². The first-order valence-corrected chi connectivity index (χ1v) is 8.67. The number of hydrazone groups is 1. The third-order valence-electron chi connectivity index (χ3n) is 3.79. The van der Waals surface area contributed by atoms with Crippen LogP contribution in [0.15, 0.2) is 64.2 Å². The van der Waals surface area contributed by atoms with Crippen LogP contribution in [0.1, 0.15) is 23.0 Å². The molecule has 132 valence electrons. The maximum Gasteiger partial charge on any atom is 0.289 e. The van der Waals surface area contributed by atoms with Crippen LogP contribution in [0.3, 0.4) is 0 Å². The Morgan fingerprint density at radius 1 is 1.19 bits per heavy atom. The molecule has 0 aliphatic carbocycles. The summed E-state index contributed by atoms with van der Waals surface area (Å²) in [5.74, 6) is 0.324. The number of benzene rings is 2. The van der Waals surface area contributed by atoms with Crippen molar-refractivity contribution in [2.75, 3.05) is 7.11 Å². The van der Waals surface area contributed by atoms with E-state index in [2.05, 4.69) is 36.7 Å². The van der Waals surface area contributed by atoms with Gasteiger partial charge in [0.15, 0.2) is 0 Å². The molecule has 1 aromatic heterocycles. The molecule has 1 heterocycles. The Hall–Kier alpha value is -2.93. The number of aromatic nitrogens is 2. The molecule has 0 aliphatic heterocycles. The van der Waals surface area contributed by atoms with E-state index in [4.69, 9.17) is 4.74 Å². The first-order valence-electron chi connectivity index (χ1n) is 7.88. The van der Waals surface area contributed by atoms with Gasteiger partial charge in [-0.25, -0.2) is 5.43 Å². The Balaban J connectivity index is 1.74. The number of nitrogens with zero attached hydrogens (tertiary/aromatic N) is 2. The standard InChI is InChI=1S/C19H17BrN4O2/c1-12(13-7-9-14(20)10-8-13)21-24-19(25)17-11-16(22-23-17)15-5-3-4-6-18(15)26-2/h3-11H,1-2H3,(H,22,23)(H,24,25). The second kappa shape index (κ2) is 7.97. The number of hydrogen-bond acceptors (Lipinski definition) is 4. The second-order valence-corrected chi connectivity index (χ2v) is 6.43. The third-order valence-corrected chi connectivity index (χ3v) is 4.32. The van der Waals surface area contributed by atoms with E-state index in [0.29, 0.717) is 22.8 Å². The summed E-state index contributed by atoms with van der Waals surface area (Å²) in [4.78, 5) is 12.3. The van der Waals surface area contributed by atoms with Crippen LogP contribution < -0.4 is 10.2 Å². The molecule has 3 rings (SSSR count). The first kappa shape index (κ1) is 17.9. The number of carbonyl (C=O) groups excluding carboxylic acids is 1. The fourth-order valence-electron chi connectivity index (χ4n) is 2.38. The Kier molecular flexibility index (Phi) is 5.48. The van der Waals surface area contributed by atoms with Crippen LogP contribution in [0, 0.1) is 0 Å². The minimum absolute atomic E-state index is 0.318. The van der Waals surface area contributed by atoms with Crippen molar-refractivity contribution in [1.82, 2.24) is 15.6 Å². The summed E-state index contributed by atoms with van der Waals surface area (Å²) in [5.41, 5.74) is 5.92. The summed E-state index contributed by atoms with van der Waals surface area (Å²) < 4.78 is 6.31. The number of para-hydroxylation sites is 1. The summed E-state index contributed by atoms with van der Waals surface area (Å²) in [5, 5.41) is 11.1. The van der Waals surface area contributed by atoms with Gasteiger partial charge in [0.2, 0.25) is 0 Å². The van der Waals surface area contributed by atoms with E-state index < -0.39 is 0 Å². The Morgan fingerprint density at radius 3 is 2.65 bits per heavy atom. The highest BCUT2D eigenvalue weighted by Crippen LogP contribution is 2.28. The molecule has 0 bridgehead atoms. The molecule has 26 heavy (non-hydrogen) atoms. The monoisotopic (exact) mass is 412 g/mol. The molecule has 3 aromatic rings. The average molecular weight is 413 g/mol. The van der Waals surface area contributed by atoms with E-state index in [9.17, 15) is 4.79 Å². The van der Waals surface area contributed by atoms with Gasteiger partial charge in [-0.3, -0.25) is 9.89 Å². The van der Waals surface area contributed by atoms with Gasteiger partial charge < -0.3 is 4.74 Å². The minimum atomic E-state index is -0.366. The van der Waals surface area contributed by atoms with E-state index >= 15 is 0 Å². The maximum atomic E-state index is 12.3. The third kappa shape index (κ3) is 4.00. The summed E-state index contributed by atoms with van der Waals surface area (Å²) in [6.07, 6.45) is 0. The van der Waals surface area contributed by atoms with Gasteiger partial charge in [-0.2, -0.15) is 10.2 Å². The Bertz CT molecular complexity index is 948. The van der Waals surface area contributed by atoms with Crippen LogP contribution in [-0.4, -0.2) is 28.9 Å². The number of rotatable bonds is 5. The van der Waals surface area contributed by atoms with Gasteiger partial charge in [0.05, 0.1) is 18.5 Å². The van der Waals surface area contributed by atoms with Gasteiger partial charge in [0.1, 0.15) is 11.4 Å². The van der Waals surface area contributed by atoms with Gasteiger partial charge >= 0.3 is 0 Å². The number of amides is 1. The van der Waals surface area contributed by atoms with Crippen LogP contribution in [0.5, 0.6) is 5.75 Å². The first-order chi connectivity index (χ1) is 12.6. The predicted molar refractivity (Wildman–Crippen MR) is 104 cm³/mol. The van der Waals surface area contributed by atoms with Crippen molar-refractivity contribution in [3.63, 3.8) is 0 Å². The number of aromatic amines is 1. The maximum absolute atomic E-state index is 12.3. The smallest absolute Gasteiger partial charge is 0.289 e. The average Bonchev–Trinajstić information content (AvgIpc) is 3.16. The predicted octanol–water partition coefficient (Wildman–Crippen LogP) is 4.00. The fourth-order valence-corrected chi connectivity index (χ4v) is 2.65. The van der Waals surface area contributed by atoms with Crippen LogP contribution in [-0.2, 0) is 0 Å². The molecule has 2 N–H and O–H groups in total. The lowest BCUT2D eigenvalue weighted by Gasteiger charge is -2.04. The molecule has 0 atom stereocenters. The van der Waals surface area contributed by atoms with E-state index in [-0.39, 0.29) is 5.91 Å². The fraction of sp³-hybridized carbons (Fsp3) is 0.105. The van der Waals surface area contributed by atoms with Crippen molar-refractivity contribution in [3.05, 3.63) is 70.3 Å². The molecule has 7 heteroatoms. The molecule has 0 spiro atoms.